The van der Waals surface area contributed by atoms with Gasteiger partial charge in [-0.05, 0) is 31.9 Å². The third-order valence-corrected chi connectivity index (χ3v) is 3.86. The van der Waals surface area contributed by atoms with Gasteiger partial charge in [0.2, 0.25) is 0 Å². The molecule has 0 radical (unpaired) electrons. The van der Waals surface area contributed by atoms with Crippen molar-refractivity contribution in [3.63, 3.8) is 0 Å². The smallest absolute Gasteiger partial charge is 0.309 e. The number of nitrogens with one attached hydrogen (secondary N) is 1. The van der Waals surface area contributed by atoms with E-state index in [9.17, 15) is 14.9 Å². The molecule has 0 unspecified atom stereocenters. The van der Waals surface area contributed by atoms with Crippen molar-refractivity contribution in [2.45, 2.75) is 26.3 Å². The zero-order chi connectivity index (χ0) is 17.4. The molecule has 1 saturated heterocycles. The van der Waals surface area contributed by atoms with Crippen LogP contribution in [0.15, 0.2) is 34.6 Å². The number of carbonyl (C=O) groups is 2. The van der Waals surface area contributed by atoms with Gasteiger partial charge in [0.25, 0.3) is 5.91 Å². The topological polar surface area (TPSA) is 95.6 Å². The highest BCUT2D eigenvalue weighted by molar-refractivity contribution is 5.97. The van der Waals surface area contributed by atoms with Crippen molar-refractivity contribution in [1.82, 2.24) is 10.2 Å². The van der Waals surface area contributed by atoms with Gasteiger partial charge in [0.1, 0.15) is 17.4 Å². The molecule has 7 nitrogen and oxygen atoms in total. The highest BCUT2D eigenvalue weighted by atomic mass is 16.5. The lowest BCUT2D eigenvalue weighted by atomic mass is 9.96. The number of rotatable bonds is 6. The molecule has 1 fully saturated rings. The molecule has 1 aromatic rings. The van der Waals surface area contributed by atoms with Crippen molar-refractivity contribution in [2.75, 3.05) is 19.7 Å². The van der Waals surface area contributed by atoms with Crippen LogP contribution in [-0.2, 0) is 20.9 Å². The molecule has 0 aliphatic carbocycles. The molecule has 0 spiro atoms. The van der Waals surface area contributed by atoms with Gasteiger partial charge in [-0.1, -0.05) is 0 Å². The van der Waals surface area contributed by atoms with Crippen molar-refractivity contribution in [1.29, 1.82) is 5.26 Å². The SMILES string of the molecule is CCOC(=O)C1CCN(C(=O)/C(C#N)=C\NCc2ccco2)CC1. The first-order valence-electron chi connectivity index (χ1n) is 7.97. The van der Waals surface area contributed by atoms with Crippen LogP contribution in [0.2, 0.25) is 0 Å². The third-order valence-electron chi connectivity index (χ3n) is 3.86. The second kappa shape index (κ2) is 8.77. The van der Waals surface area contributed by atoms with Crippen LogP contribution < -0.4 is 5.32 Å². The van der Waals surface area contributed by atoms with E-state index in [0.29, 0.717) is 44.8 Å². The minimum Gasteiger partial charge on any atom is -0.467 e. The molecule has 7 heteroatoms. The Balaban J connectivity index is 1.85. The third kappa shape index (κ3) is 4.62. The molecule has 1 amide bonds. The molecule has 24 heavy (non-hydrogen) atoms. The average molecular weight is 331 g/mol. The second-order valence-corrected chi connectivity index (χ2v) is 5.45. The van der Waals surface area contributed by atoms with Crippen molar-refractivity contribution in [2.24, 2.45) is 5.92 Å². The highest BCUT2D eigenvalue weighted by Crippen LogP contribution is 2.20. The number of carbonyl (C=O) groups excluding carboxylic acids is 2. The zero-order valence-corrected chi connectivity index (χ0v) is 13.7. The normalized spacial score (nSPS) is 15.7. The standard InChI is InChI=1S/C17H21N3O4/c1-2-23-17(22)13-5-7-20(8-6-13)16(21)14(10-18)11-19-12-15-4-3-9-24-15/h3-4,9,11,13,19H,2,5-8,12H2,1H3/b14-11-. The highest BCUT2D eigenvalue weighted by Gasteiger charge is 2.29. The summed E-state index contributed by atoms with van der Waals surface area (Å²) < 4.78 is 10.2. The maximum Gasteiger partial charge on any atom is 0.309 e. The molecule has 0 aromatic carbocycles. The van der Waals surface area contributed by atoms with Gasteiger partial charge in [-0.3, -0.25) is 9.59 Å². The van der Waals surface area contributed by atoms with Crippen LogP contribution in [0.4, 0.5) is 0 Å². The number of nitriles is 1. The van der Waals surface area contributed by atoms with E-state index in [0.717, 1.165) is 0 Å². The van der Waals surface area contributed by atoms with Crippen molar-refractivity contribution in [3.8, 4) is 6.07 Å². The molecule has 1 aromatic heterocycles. The fraction of sp³-hybridized carbons (Fsp3) is 0.471. The van der Waals surface area contributed by atoms with Crippen molar-refractivity contribution in [3.05, 3.63) is 35.9 Å². The van der Waals surface area contributed by atoms with E-state index in [2.05, 4.69) is 5.32 Å². The van der Waals surface area contributed by atoms with Gasteiger partial charge >= 0.3 is 5.97 Å². The molecule has 0 bridgehead atoms. The molecule has 1 N–H and O–H groups in total. The summed E-state index contributed by atoms with van der Waals surface area (Å²) in [6.07, 6.45) is 4.08. The molecule has 2 rings (SSSR count). The number of esters is 1. The van der Waals surface area contributed by atoms with Gasteiger partial charge in [-0.25, -0.2) is 0 Å². The fourth-order valence-corrected chi connectivity index (χ4v) is 2.56. The number of ether oxygens (including phenoxy) is 1. The van der Waals surface area contributed by atoms with E-state index < -0.39 is 0 Å². The number of furan rings is 1. The number of piperidine rings is 1. The molecule has 1 aliphatic heterocycles. The summed E-state index contributed by atoms with van der Waals surface area (Å²) >= 11 is 0. The Morgan fingerprint density at radius 1 is 1.50 bits per heavy atom. The second-order valence-electron chi connectivity index (χ2n) is 5.45. The van der Waals surface area contributed by atoms with Crippen LogP contribution in [0.1, 0.15) is 25.5 Å². The van der Waals surface area contributed by atoms with E-state index in [4.69, 9.17) is 9.15 Å². The minimum absolute atomic E-state index is 0.0381. The van der Waals surface area contributed by atoms with Crippen LogP contribution >= 0.6 is 0 Å². The van der Waals surface area contributed by atoms with Gasteiger partial charge in [0.05, 0.1) is 25.3 Å². The summed E-state index contributed by atoms with van der Waals surface area (Å²) in [6.45, 7) is 3.42. The summed E-state index contributed by atoms with van der Waals surface area (Å²) in [5, 5.41) is 12.1. The molecule has 1 aliphatic rings. The number of nitrogens with zero attached hydrogens (tertiary/aromatic N) is 2. The van der Waals surface area contributed by atoms with Crippen LogP contribution in [-0.4, -0.2) is 36.5 Å². The largest absolute Gasteiger partial charge is 0.467 e. The van der Waals surface area contributed by atoms with E-state index >= 15 is 0 Å². The Labute approximate surface area is 140 Å². The first kappa shape index (κ1) is 17.6. The van der Waals surface area contributed by atoms with Crippen LogP contribution in [0.25, 0.3) is 0 Å². The predicted octanol–water partition coefficient (Wildman–Crippen LogP) is 1.58. The van der Waals surface area contributed by atoms with Gasteiger partial charge in [0.15, 0.2) is 0 Å². The molecule has 0 atom stereocenters. The first-order chi connectivity index (χ1) is 11.7. The maximum absolute atomic E-state index is 12.4. The summed E-state index contributed by atoms with van der Waals surface area (Å²) in [5.74, 6) is 0.0133. The Kier molecular flexibility index (Phi) is 6.43. The van der Waals surface area contributed by atoms with Gasteiger partial charge in [0, 0.05) is 19.3 Å². The van der Waals surface area contributed by atoms with Gasteiger partial charge < -0.3 is 19.4 Å². The molecular formula is C17H21N3O4. The predicted molar refractivity (Wildman–Crippen MR) is 85.2 cm³/mol. The zero-order valence-electron chi connectivity index (χ0n) is 13.7. The van der Waals surface area contributed by atoms with Crippen molar-refractivity contribution >= 4 is 11.9 Å². The molecule has 128 valence electrons. The Bertz CT molecular complexity index is 623. The maximum atomic E-state index is 12.4. The average Bonchev–Trinajstić information content (AvgIpc) is 3.12. The molecule has 0 saturated carbocycles. The first-order valence-corrected chi connectivity index (χ1v) is 7.97. The quantitative estimate of drug-likeness (QED) is 0.483. The van der Waals surface area contributed by atoms with Crippen LogP contribution in [0, 0.1) is 17.2 Å². The summed E-state index contributed by atoms with van der Waals surface area (Å²) in [6, 6.07) is 5.49. The lowest BCUT2D eigenvalue weighted by molar-refractivity contribution is -0.150. The monoisotopic (exact) mass is 331 g/mol. The fourth-order valence-electron chi connectivity index (χ4n) is 2.56. The number of amides is 1. The van der Waals surface area contributed by atoms with E-state index in [1.165, 1.54) is 6.20 Å². The van der Waals surface area contributed by atoms with E-state index in [-0.39, 0.29) is 23.4 Å². The number of likely N-dealkylation sites (tertiary alicyclic amines) is 1. The summed E-state index contributed by atoms with van der Waals surface area (Å²) in [4.78, 5) is 25.7. The van der Waals surface area contributed by atoms with Gasteiger partial charge in [-0.2, -0.15) is 5.26 Å². The van der Waals surface area contributed by atoms with E-state index in [1.54, 1.807) is 30.2 Å². The number of hydrogen-bond acceptors (Lipinski definition) is 6. The molecular weight excluding hydrogens is 310 g/mol. The van der Waals surface area contributed by atoms with Gasteiger partial charge in [-0.15, -0.1) is 0 Å². The Morgan fingerprint density at radius 2 is 2.25 bits per heavy atom. The van der Waals surface area contributed by atoms with Crippen LogP contribution in [0.5, 0.6) is 0 Å². The lowest BCUT2D eigenvalue weighted by Crippen LogP contribution is -2.41. The minimum atomic E-state index is -0.327. The number of hydrogen-bond donors (Lipinski definition) is 1. The Morgan fingerprint density at radius 3 is 2.83 bits per heavy atom. The van der Waals surface area contributed by atoms with Crippen molar-refractivity contribution < 1.29 is 18.7 Å². The lowest BCUT2D eigenvalue weighted by Gasteiger charge is -2.30. The Hall–Kier alpha value is -2.75. The molecule has 2 heterocycles. The summed E-state index contributed by atoms with van der Waals surface area (Å²) in [5.41, 5.74) is 0.0381. The van der Waals surface area contributed by atoms with Crippen LogP contribution in [0.3, 0.4) is 0 Å². The van der Waals surface area contributed by atoms with E-state index in [1.807, 2.05) is 6.07 Å². The summed E-state index contributed by atoms with van der Waals surface area (Å²) in [7, 11) is 0.